The van der Waals surface area contributed by atoms with Crippen LogP contribution in [-0.4, -0.2) is 18.1 Å². The highest BCUT2D eigenvalue weighted by Gasteiger charge is 2.01. The van der Waals surface area contributed by atoms with Gasteiger partial charge in [0.1, 0.15) is 5.75 Å². The van der Waals surface area contributed by atoms with Crippen LogP contribution in [-0.2, 0) is 11.3 Å². The molecule has 1 aromatic heterocycles. The Bertz CT molecular complexity index is 649. The Hall–Kier alpha value is -2.18. The van der Waals surface area contributed by atoms with Crippen molar-refractivity contribution in [1.82, 2.24) is 10.6 Å². The van der Waals surface area contributed by atoms with E-state index in [1.165, 1.54) is 6.08 Å². The molecule has 114 valence electrons. The molecule has 0 atom stereocenters. The number of thiophene rings is 1. The standard InChI is InChI=1S/C16H16N2O2S2/c1-20-13-7-4-12(5-8-13)6-9-15(19)18-16(21)17-11-14-3-2-10-22-14/h2-10H,11H2,1H3,(H2,17,18,19,21)/b9-6+. The number of methoxy groups -OCH3 is 1. The number of hydrogen-bond donors (Lipinski definition) is 2. The maximum absolute atomic E-state index is 11.8. The van der Waals surface area contributed by atoms with Crippen LogP contribution < -0.4 is 15.4 Å². The Morgan fingerprint density at radius 3 is 2.73 bits per heavy atom. The molecule has 0 saturated carbocycles. The second-order valence-corrected chi connectivity index (χ2v) is 5.80. The summed E-state index contributed by atoms with van der Waals surface area (Å²) in [6, 6.07) is 11.4. The van der Waals surface area contributed by atoms with Crippen molar-refractivity contribution in [3.05, 3.63) is 58.3 Å². The molecule has 0 radical (unpaired) electrons. The molecule has 0 spiro atoms. The van der Waals surface area contributed by atoms with Crippen LogP contribution in [0.4, 0.5) is 0 Å². The molecule has 0 saturated heterocycles. The molecule has 0 fully saturated rings. The van der Waals surface area contributed by atoms with E-state index < -0.39 is 0 Å². The first-order valence-corrected chi connectivity index (χ1v) is 7.89. The van der Waals surface area contributed by atoms with Crippen molar-refractivity contribution < 1.29 is 9.53 Å². The van der Waals surface area contributed by atoms with Crippen LogP contribution in [0.15, 0.2) is 47.9 Å². The average molecular weight is 332 g/mol. The number of hydrogen-bond acceptors (Lipinski definition) is 4. The number of carbonyl (C=O) groups is 1. The number of carbonyl (C=O) groups excluding carboxylic acids is 1. The van der Waals surface area contributed by atoms with Crippen molar-refractivity contribution >= 4 is 40.7 Å². The third kappa shape index (κ3) is 5.31. The Morgan fingerprint density at radius 1 is 1.32 bits per heavy atom. The van der Waals surface area contributed by atoms with Crippen molar-refractivity contribution in [2.75, 3.05) is 7.11 Å². The zero-order valence-electron chi connectivity index (χ0n) is 12.0. The lowest BCUT2D eigenvalue weighted by atomic mass is 10.2. The van der Waals surface area contributed by atoms with E-state index in [-0.39, 0.29) is 5.91 Å². The van der Waals surface area contributed by atoms with E-state index in [1.54, 1.807) is 24.5 Å². The Morgan fingerprint density at radius 2 is 2.09 bits per heavy atom. The van der Waals surface area contributed by atoms with Crippen LogP contribution in [0.2, 0.25) is 0 Å². The highest BCUT2D eigenvalue weighted by Crippen LogP contribution is 2.12. The largest absolute Gasteiger partial charge is 0.497 e. The van der Waals surface area contributed by atoms with Gasteiger partial charge < -0.3 is 10.1 Å². The summed E-state index contributed by atoms with van der Waals surface area (Å²) in [6.45, 7) is 0.610. The third-order valence-corrected chi connectivity index (χ3v) is 3.91. The first kappa shape index (κ1) is 16.2. The van der Waals surface area contributed by atoms with E-state index in [9.17, 15) is 4.79 Å². The SMILES string of the molecule is COc1ccc(/C=C/C(=O)NC(=S)NCc2cccs2)cc1. The third-order valence-electron chi connectivity index (χ3n) is 2.78. The van der Waals surface area contributed by atoms with Crippen LogP contribution in [0.3, 0.4) is 0 Å². The van der Waals surface area contributed by atoms with Crippen LogP contribution in [0.25, 0.3) is 6.08 Å². The van der Waals surface area contributed by atoms with Crippen molar-refractivity contribution in [3.63, 3.8) is 0 Å². The fourth-order valence-corrected chi connectivity index (χ4v) is 2.48. The zero-order chi connectivity index (χ0) is 15.8. The fourth-order valence-electron chi connectivity index (χ4n) is 1.67. The number of ether oxygens (including phenoxy) is 1. The van der Waals surface area contributed by atoms with Gasteiger partial charge in [0, 0.05) is 11.0 Å². The van der Waals surface area contributed by atoms with E-state index in [1.807, 2.05) is 41.8 Å². The second-order valence-electron chi connectivity index (χ2n) is 4.36. The summed E-state index contributed by atoms with van der Waals surface area (Å²) in [6.07, 6.45) is 3.16. The normalized spacial score (nSPS) is 10.4. The van der Waals surface area contributed by atoms with Crippen molar-refractivity contribution in [1.29, 1.82) is 0 Å². The molecule has 6 heteroatoms. The molecule has 2 aromatic rings. The maximum atomic E-state index is 11.8. The summed E-state index contributed by atoms with van der Waals surface area (Å²) in [5.74, 6) is 0.514. The van der Waals surface area contributed by atoms with Gasteiger partial charge in [0.05, 0.1) is 13.7 Å². The molecule has 0 aliphatic rings. The molecule has 1 amide bonds. The predicted molar refractivity (Wildman–Crippen MR) is 93.9 cm³/mol. The van der Waals surface area contributed by atoms with E-state index >= 15 is 0 Å². The second kappa shape index (κ2) is 8.31. The van der Waals surface area contributed by atoms with E-state index in [2.05, 4.69) is 10.6 Å². The average Bonchev–Trinajstić information content (AvgIpc) is 3.05. The predicted octanol–water partition coefficient (Wildman–Crippen LogP) is 2.96. The summed E-state index contributed by atoms with van der Waals surface area (Å²) in [7, 11) is 1.61. The number of benzene rings is 1. The van der Waals surface area contributed by atoms with Gasteiger partial charge in [-0.1, -0.05) is 18.2 Å². The highest BCUT2D eigenvalue weighted by atomic mass is 32.1. The minimum Gasteiger partial charge on any atom is -0.497 e. The lowest BCUT2D eigenvalue weighted by molar-refractivity contribution is -0.115. The molecule has 4 nitrogen and oxygen atoms in total. The van der Waals surface area contributed by atoms with Gasteiger partial charge in [0.25, 0.3) is 0 Å². The summed E-state index contributed by atoms with van der Waals surface area (Å²) in [5.41, 5.74) is 0.911. The number of nitrogens with one attached hydrogen (secondary N) is 2. The monoisotopic (exact) mass is 332 g/mol. The Balaban J connectivity index is 1.78. The molecule has 0 aliphatic heterocycles. The maximum Gasteiger partial charge on any atom is 0.250 e. The molecule has 0 bridgehead atoms. The molecule has 2 N–H and O–H groups in total. The summed E-state index contributed by atoms with van der Waals surface area (Å²) in [5, 5.41) is 7.91. The summed E-state index contributed by atoms with van der Waals surface area (Å²) < 4.78 is 5.08. The first-order valence-electron chi connectivity index (χ1n) is 6.60. The number of thiocarbonyl (C=S) groups is 1. The van der Waals surface area contributed by atoms with Gasteiger partial charge >= 0.3 is 0 Å². The quantitative estimate of drug-likeness (QED) is 0.653. The van der Waals surface area contributed by atoms with Gasteiger partial charge in [-0.25, -0.2) is 0 Å². The lowest BCUT2D eigenvalue weighted by Gasteiger charge is -2.06. The van der Waals surface area contributed by atoms with Gasteiger partial charge in [0.2, 0.25) is 5.91 Å². The van der Waals surface area contributed by atoms with Gasteiger partial charge in [-0.3, -0.25) is 10.1 Å². The van der Waals surface area contributed by atoms with Crippen LogP contribution >= 0.6 is 23.6 Å². The van der Waals surface area contributed by atoms with Crippen molar-refractivity contribution in [2.45, 2.75) is 6.54 Å². The minimum absolute atomic E-state index is 0.264. The minimum atomic E-state index is -0.264. The van der Waals surface area contributed by atoms with E-state index in [0.29, 0.717) is 11.7 Å². The molecular weight excluding hydrogens is 316 g/mol. The zero-order valence-corrected chi connectivity index (χ0v) is 13.7. The molecular formula is C16H16N2O2S2. The topological polar surface area (TPSA) is 50.4 Å². The van der Waals surface area contributed by atoms with Crippen LogP contribution in [0.5, 0.6) is 5.75 Å². The molecule has 22 heavy (non-hydrogen) atoms. The molecule has 2 rings (SSSR count). The van der Waals surface area contributed by atoms with Crippen molar-refractivity contribution in [3.8, 4) is 5.75 Å². The first-order chi connectivity index (χ1) is 10.7. The lowest BCUT2D eigenvalue weighted by Crippen LogP contribution is -2.37. The number of amides is 1. The van der Waals surface area contributed by atoms with Crippen molar-refractivity contribution in [2.24, 2.45) is 0 Å². The molecule has 1 aromatic carbocycles. The van der Waals surface area contributed by atoms with E-state index in [4.69, 9.17) is 17.0 Å². The van der Waals surface area contributed by atoms with Gasteiger partial charge in [-0.2, -0.15) is 0 Å². The highest BCUT2D eigenvalue weighted by molar-refractivity contribution is 7.80. The van der Waals surface area contributed by atoms with Gasteiger partial charge in [-0.05, 0) is 47.4 Å². The Labute approximate surface area is 138 Å². The molecule has 0 unspecified atom stereocenters. The summed E-state index contributed by atoms with van der Waals surface area (Å²) >= 11 is 6.71. The fraction of sp³-hybridized carbons (Fsp3) is 0.125. The van der Waals surface area contributed by atoms with Crippen LogP contribution in [0.1, 0.15) is 10.4 Å². The summed E-state index contributed by atoms with van der Waals surface area (Å²) in [4.78, 5) is 12.9. The van der Waals surface area contributed by atoms with E-state index in [0.717, 1.165) is 16.2 Å². The van der Waals surface area contributed by atoms with Gasteiger partial charge in [-0.15, -0.1) is 11.3 Å². The van der Waals surface area contributed by atoms with Gasteiger partial charge in [0.15, 0.2) is 5.11 Å². The van der Waals surface area contributed by atoms with Crippen LogP contribution in [0, 0.1) is 0 Å². The Kier molecular flexibility index (Phi) is 6.12. The molecule has 0 aliphatic carbocycles. The number of rotatable bonds is 5. The molecule has 1 heterocycles. The smallest absolute Gasteiger partial charge is 0.250 e.